The number of Topliss-reactive ketones (excluding diaryl/α,β-unsaturated/α-hetero) is 1. The molecular weight excluding hydrogens is 1010 g/mol. The van der Waals surface area contributed by atoms with Crippen molar-refractivity contribution >= 4 is 67.0 Å². The number of hydrogen-bond donors (Lipinski definition) is 1. The predicted molar refractivity (Wildman–Crippen MR) is 253 cm³/mol. The monoisotopic (exact) mass is 1060 g/mol. The lowest BCUT2D eigenvalue weighted by Crippen LogP contribution is -2.62. The SMILES string of the molecule is C1COC2(CNC2)O1.CN(C)S(=O)(=O)c1ccc(F)cc1.CN(C)S(=O)(=O)c1ccc(N2CC(=O)C2)cc1.CN(C)S(=O)(=O)c1ccc(N2CC3(C2)OCCO3)cc1.O=S(=O)(Cl)c1ccc(F)cc1. The molecule has 5 fully saturated rings. The van der Waals surface area contributed by atoms with Crippen LogP contribution in [-0.4, -0.2) is 172 Å². The standard InChI is InChI=1S/C13H18N2O4S.C11H14N2O3S.C8H10FNO2S.C6H4ClFO2S.C5H9NO2/c1-14(2)20(16,17)12-5-3-11(4-6-12)15-9-13(10-15)18-7-8-19-13;1-12(2)17(15,16)11-5-3-9(4-6-11)13-7-10(14)8-13;1-10(2)13(11,12)8-5-3-7(9)4-6-8;7-11(9,10)6-3-1-5(8)2-4-6;1-2-8-5(7-1)3-6-4-5/h3-6H,7-10H2,1-2H3;3-6H,7-8H2,1-2H3;3-6H,1-2H3;1-4H;6H,1-4H2. The van der Waals surface area contributed by atoms with Crippen molar-refractivity contribution in [3.8, 4) is 0 Å². The second kappa shape index (κ2) is 22.9. The van der Waals surface area contributed by atoms with Crippen molar-refractivity contribution in [1.82, 2.24) is 18.2 Å². The lowest BCUT2D eigenvalue weighted by atomic mass is 10.1. The summed E-state index contributed by atoms with van der Waals surface area (Å²) < 4.78 is 142. The Kier molecular flexibility index (Phi) is 18.5. The van der Waals surface area contributed by atoms with Crippen molar-refractivity contribution in [2.45, 2.75) is 31.2 Å². The van der Waals surface area contributed by atoms with Crippen molar-refractivity contribution in [1.29, 1.82) is 0 Å². The fourth-order valence-corrected chi connectivity index (χ4v) is 9.96. The number of sulfonamides is 3. The molecule has 0 aliphatic carbocycles. The number of ether oxygens (including phenoxy) is 4. The molecule has 5 aliphatic rings. The fourth-order valence-electron chi connectivity index (χ4n) is 6.48. The van der Waals surface area contributed by atoms with Gasteiger partial charge in [-0.15, -0.1) is 0 Å². The van der Waals surface area contributed by atoms with Gasteiger partial charge in [-0.05, 0) is 97.1 Å². The maximum absolute atomic E-state index is 12.5. The molecule has 380 valence electrons. The van der Waals surface area contributed by atoms with E-state index < -0.39 is 56.5 Å². The third-order valence-electron chi connectivity index (χ3n) is 10.7. The van der Waals surface area contributed by atoms with Gasteiger partial charge in [0.1, 0.15) is 11.6 Å². The number of halogens is 3. The molecule has 0 saturated carbocycles. The van der Waals surface area contributed by atoms with Crippen LogP contribution in [0.4, 0.5) is 20.2 Å². The first-order chi connectivity index (χ1) is 32.2. The summed E-state index contributed by atoms with van der Waals surface area (Å²) in [5, 5.41) is 3.09. The lowest BCUT2D eigenvalue weighted by molar-refractivity contribution is -0.186. The first kappa shape index (κ1) is 55.7. The quantitative estimate of drug-likeness (QED) is 0.238. The van der Waals surface area contributed by atoms with E-state index in [0.29, 0.717) is 44.3 Å². The van der Waals surface area contributed by atoms with E-state index in [1.54, 1.807) is 36.4 Å². The van der Waals surface area contributed by atoms with Crippen molar-refractivity contribution in [2.24, 2.45) is 0 Å². The Morgan fingerprint density at radius 1 is 0.493 bits per heavy atom. The molecule has 2 spiro atoms. The second-order valence-electron chi connectivity index (χ2n) is 16.3. The van der Waals surface area contributed by atoms with Gasteiger partial charge in [-0.25, -0.2) is 55.4 Å². The van der Waals surface area contributed by atoms with Crippen LogP contribution in [0, 0.1) is 11.6 Å². The molecule has 5 heterocycles. The van der Waals surface area contributed by atoms with Gasteiger partial charge in [-0.2, -0.15) is 0 Å². The van der Waals surface area contributed by atoms with Gasteiger partial charge in [0, 0.05) is 64.3 Å². The molecule has 0 unspecified atom stereocenters. The first-order valence-corrected chi connectivity index (χ1v) is 27.5. The summed E-state index contributed by atoms with van der Waals surface area (Å²) in [6.45, 7) is 6.77. The molecule has 1 N–H and O–H groups in total. The smallest absolute Gasteiger partial charge is 0.261 e. The van der Waals surface area contributed by atoms with Crippen molar-refractivity contribution in [3.63, 3.8) is 0 Å². The Hall–Kier alpha value is -4.22. The molecule has 0 amide bonds. The molecular formula is C43H55ClF2N6O13S4. The van der Waals surface area contributed by atoms with Gasteiger partial charge < -0.3 is 34.1 Å². The zero-order valence-electron chi connectivity index (χ0n) is 38.6. The number of carbonyl (C=O) groups excluding carboxylic acids is 1. The molecule has 4 aromatic carbocycles. The van der Waals surface area contributed by atoms with E-state index in [2.05, 4.69) is 10.2 Å². The molecule has 5 saturated heterocycles. The Labute approximate surface area is 407 Å². The highest BCUT2D eigenvalue weighted by atomic mass is 35.7. The van der Waals surface area contributed by atoms with E-state index in [1.165, 1.54) is 63.0 Å². The summed E-state index contributed by atoms with van der Waals surface area (Å²) in [5.41, 5.74) is 1.86. The number of hydrogen-bond acceptors (Lipinski definition) is 16. The molecule has 69 heavy (non-hydrogen) atoms. The summed E-state index contributed by atoms with van der Waals surface area (Å²) in [7, 11) is -0.0129. The van der Waals surface area contributed by atoms with Crippen LogP contribution in [0.3, 0.4) is 0 Å². The fraction of sp³-hybridized carbons (Fsp3) is 0.419. The van der Waals surface area contributed by atoms with Crippen molar-refractivity contribution < 1.29 is 66.2 Å². The average molecular weight is 1070 g/mol. The molecule has 0 aromatic heterocycles. The molecule has 0 bridgehead atoms. The Bertz CT molecular complexity index is 2800. The summed E-state index contributed by atoms with van der Waals surface area (Å²) in [4.78, 5) is 15.4. The third kappa shape index (κ3) is 14.5. The number of rotatable bonds is 9. The molecule has 9 rings (SSSR count). The highest BCUT2D eigenvalue weighted by Crippen LogP contribution is 2.34. The molecule has 5 aliphatic heterocycles. The molecule has 4 aromatic rings. The summed E-state index contributed by atoms with van der Waals surface area (Å²) in [5.74, 6) is -1.37. The number of benzene rings is 4. The van der Waals surface area contributed by atoms with Crippen LogP contribution in [-0.2, 0) is 62.9 Å². The Balaban J connectivity index is 0.000000166. The van der Waals surface area contributed by atoms with Gasteiger partial charge >= 0.3 is 0 Å². The normalized spacial score (nSPS) is 18.1. The van der Waals surface area contributed by atoms with E-state index in [0.717, 1.165) is 78.4 Å². The largest absolute Gasteiger partial charge is 0.361 e. The van der Waals surface area contributed by atoms with Crippen LogP contribution in [0.1, 0.15) is 0 Å². The maximum atomic E-state index is 12.5. The summed E-state index contributed by atoms with van der Waals surface area (Å²) in [6, 6.07) is 22.5. The number of carbonyl (C=O) groups is 1. The van der Waals surface area contributed by atoms with Gasteiger partial charge in [-0.1, -0.05) is 0 Å². The van der Waals surface area contributed by atoms with Gasteiger partial charge in [0.15, 0.2) is 11.6 Å². The van der Waals surface area contributed by atoms with Crippen LogP contribution < -0.4 is 15.1 Å². The van der Waals surface area contributed by atoms with Crippen LogP contribution in [0.2, 0.25) is 0 Å². The van der Waals surface area contributed by atoms with E-state index in [9.17, 15) is 47.2 Å². The Morgan fingerprint density at radius 2 is 0.797 bits per heavy atom. The highest BCUT2D eigenvalue weighted by molar-refractivity contribution is 8.13. The minimum Gasteiger partial charge on any atom is -0.361 e. The maximum Gasteiger partial charge on any atom is 0.261 e. The third-order valence-corrected chi connectivity index (χ3v) is 17.5. The van der Waals surface area contributed by atoms with Gasteiger partial charge in [0.05, 0.1) is 85.3 Å². The van der Waals surface area contributed by atoms with Crippen molar-refractivity contribution in [3.05, 3.63) is 109 Å². The number of ketones is 1. The van der Waals surface area contributed by atoms with E-state index >= 15 is 0 Å². The van der Waals surface area contributed by atoms with Gasteiger partial charge in [-0.3, -0.25) is 4.79 Å². The van der Waals surface area contributed by atoms with E-state index in [1.807, 2.05) is 17.0 Å². The predicted octanol–water partition coefficient (Wildman–Crippen LogP) is 2.99. The minimum absolute atomic E-state index is 0.0962. The van der Waals surface area contributed by atoms with Gasteiger partial charge in [0.2, 0.25) is 35.9 Å². The summed E-state index contributed by atoms with van der Waals surface area (Å²) in [6.07, 6.45) is 0. The number of anilines is 2. The summed E-state index contributed by atoms with van der Waals surface area (Å²) >= 11 is 0. The topological polar surface area (TPSA) is 219 Å². The zero-order chi connectivity index (χ0) is 51.0. The minimum atomic E-state index is -3.71. The van der Waals surface area contributed by atoms with Crippen LogP contribution in [0.5, 0.6) is 0 Å². The first-order valence-electron chi connectivity index (χ1n) is 20.9. The van der Waals surface area contributed by atoms with Crippen molar-refractivity contribution in [2.75, 3.05) is 118 Å². The zero-order valence-corrected chi connectivity index (χ0v) is 42.6. The number of nitrogens with zero attached hydrogens (tertiary/aromatic N) is 5. The average Bonchev–Trinajstić information content (AvgIpc) is 3.98. The highest BCUT2D eigenvalue weighted by Gasteiger charge is 2.48. The molecule has 19 nitrogen and oxygen atoms in total. The van der Waals surface area contributed by atoms with Crippen LogP contribution >= 0.6 is 10.7 Å². The Morgan fingerprint density at radius 3 is 1.07 bits per heavy atom. The lowest BCUT2D eigenvalue weighted by Gasteiger charge is -2.47. The number of nitrogens with one attached hydrogen (secondary N) is 1. The van der Waals surface area contributed by atoms with Gasteiger partial charge in [0.25, 0.3) is 9.05 Å². The van der Waals surface area contributed by atoms with Crippen LogP contribution in [0.15, 0.2) is 117 Å². The molecule has 0 radical (unpaired) electrons. The second-order valence-corrected chi connectivity index (χ2v) is 25.3. The van der Waals surface area contributed by atoms with E-state index in [4.69, 9.17) is 29.6 Å². The van der Waals surface area contributed by atoms with E-state index in [-0.39, 0.29) is 26.3 Å². The molecule has 26 heteroatoms. The van der Waals surface area contributed by atoms with Crippen LogP contribution in [0.25, 0.3) is 0 Å². The molecule has 0 atom stereocenters.